The van der Waals surface area contributed by atoms with Crippen molar-refractivity contribution in [1.29, 1.82) is 0 Å². The first kappa shape index (κ1) is 32.8. The molecule has 2 rings (SSSR count). The fraction of sp³-hybridized carbons (Fsp3) is 0.750. The van der Waals surface area contributed by atoms with Crippen LogP contribution in [0.3, 0.4) is 0 Å². The number of hydrogen-bond acceptors (Lipinski definition) is 2. The van der Waals surface area contributed by atoms with Gasteiger partial charge in [0, 0.05) is 11.3 Å². The number of unbranched alkanes of at least 4 members (excludes halogenated alkanes) is 2. The monoisotopic (exact) mass is 564 g/mol. The highest BCUT2D eigenvalue weighted by molar-refractivity contribution is 6.74. The van der Waals surface area contributed by atoms with Crippen LogP contribution in [0, 0.1) is 5.92 Å². The number of benzene rings is 1. The Balaban J connectivity index is 2.38. The van der Waals surface area contributed by atoms with Crippen LogP contribution < -0.4 is 0 Å². The van der Waals surface area contributed by atoms with E-state index in [0.717, 1.165) is 19.3 Å². The van der Waals surface area contributed by atoms with Crippen LogP contribution in [-0.2, 0) is 8.85 Å². The van der Waals surface area contributed by atoms with Crippen molar-refractivity contribution in [3.05, 3.63) is 48.0 Å². The number of halogens is 1. The number of allylic oxidation sites excluding steroid dienone is 1. The summed E-state index contributed by atoms with van der Waals surface area (Å²) in [6.45, 7) is 29.7. The van der Waals surface area contributed by atoms with E-state index < -0.39 is 16.6 Å². The van der Waals surface area contributed by atoms with Crippen molar-refractivity contribution in [3.8, 4) is 0 Å². The Morgan fingerprint density at radius 3 is 2.03 bits per heavy atom. The van der Waals surface area contributed by atoms with Crippen molar-refractivity contribution in [2.45, 2.75) is 147 Å². The second-order valence-corrected chi connectivity index (χ2v) is 24.5. The van der Waals surface area contributed by atoms with Crippen LogP contribution in [0.25, 0.3) is 0 Å². The molecule has 0 bridgehead atoms. The Hall–Kier alpha value is -0.396. The minimum absolute atomic E-state index is 0.112. The smallest absolute Gasteiger partial charge is 0.192 e. The highest BCUT2D eigenvalue weighted by Crippen LogP contribution is 2.49. The van der Waals surface area contributed by atoms with Gasteiger partial charge in [-0.1, -0.05) is 98.1 Å². The van der Waals surface area contributed by atoms with E-state index in [1.807, 2.05) is 6.08 Å². The quantitative estimate of drug-likeness (QED) is 0.109. The molecular weight excluding hydrogens is 508 g/mol. The van der Waals surface area contributed by atoms with Gasteiger partial charge in [-0.05, 0) is 72.6 Å². The molecule has 0 amide bonds. The van der Waals surface area contributed by atoms with Gasteiger partial charge in [0.15, 0.2) is 16.6 Å². The van der Waals surface area contributed by atoms with Crippen LogP contribution in [0.1, 0.15) is 110 Å². The molecule has 1 saturated carbocycles. The fourth-order valence-corrected chi connectivity index (χ4v) is 8.12. The predicted molar refractivity (Wildman–Crippen MR) is 169 cm³/mol. The predicted octanol–water partition coefficient (Wildman–Crippen LogP) is 11.0. The van der Waals surface area contributed by atoms with E-state index in [0.29, 0.717) is 11.8 Å². The molecule has 1 aliphatic rings. The molecule has 5 heteroatoms. The molecule has 1 fully saturated rings. The molecular formula is C32H57ClO2Si2. The standard InChI is InChI=1S/C32H57ClO2Si2/c1-13-15-16-18-28(34-36(9,10)31(3,4)5)24-19-21-25(22-20-24)30-26(17-14-2)27(33)23-29(30)35-37(11,12)32(6,7)8/h14,19-22,26-30H,2,13,15-18,23H2,1,3-12H3/t26-,27-,28?,29+,30+/m0/s1. The summed E-state index contributed by atoms with van der Waals surface area (Å²) in [7, 11) is -3.80. The maximum absolute atomic E-state index is 7.02. The van der Waals surface area contributed by atoms with Gasteiger partial charge in [-0.15, -0.1) is 18.2 Å². The molecule has 37 heavy (non-hydrogen) atoms. The molecule has 1 aromatic carbocycles. The molecule has 1 aromatic rings. The fourth-order valence-electron chi connectivity index (χ4n) is 5.01. The Morgan fingerprint density at radius 1 is 0.973 bits per heavy atom. The number of hydrogen-bond donors (Lipinski definition) is 0. The summed E-state index contributed by atoms with van der Waals surface area (Å²) in [6, 6.07) is 9.34. The van der Waals surface area contributed by atoms with E-state index >= 15 is 0 Å². The van der Waals surface area contributed by atoms with Crippen LogP contribution in [0.15, 0.2) is 36.9 Å². The third kappa shape index (κ3) is 8.30. The zero-order valence-corrected chi connectivity index (χ0v) is 28.7. The lowest BCUT2D eigenvalue weighted by molar-refractivity contribution is 0.161. The highest BCUT2D eigenvalue weighted by atomic mass is 35.5. The SMILES string of the molecule is C=CC[C@@H]1[C@@H](c2ccc(C(CCCCC)O[Si](C)(C)C(C)(C)C)cc2)[C@H](O[Si](C)(C)C(C)(C)C)C[C@@H]1Cl. The van der Waals surface area contributed by atoms with Gasteiger partial charge in [0.1, 0.15) is 0 Å². The van der Waals surface area contributed by atoms with Gasteiger partial charge in [0.05, 0.1) is 12.2 Å². The highest BCUT2D eigenvalue weighted by Gasteiger charge is 2.48. The molecule has 0 spiro atoms. The van der Waals surface area contributed by atoms with Crippen LogP contribution in [0.5, 0.6) is 0 Å². The Labute approximate surface area is 237 Å². The summed E-state index contributed by atoms with van der Waals surface area (Å²) in [4.78, 5) is 0. The maximum atomic E-state index is 7.02. The van der Waals surface area contributed by atoms with Crippen molar-refractivity contribution in [2.24, 2.45) is 5.92 Å². The molecule has 0 aromatic heterocycles. The zero-order chi connectivity index (χ0) is 28.2. The third-order valence-electron chi connectivity index (χ3n) is 9.48. The average molecular weight is 565 g/mol. The average Bonchev–Trinajstić information content (AvgIpc) is 3.06. The van der Waals surface area contributed by atoms with Crippen LogP contribution in [-0.4, -0.2) is 28.1 Å². The Bertz CT molecular complexity index is 851. The minimum Gasteiger partial charge on any atom is -0.413 e. The second kappa shape index (κ2) is 12.8. The van der Waals surface area contributed by atoms with Gasteiger partial charge in [0.2, 0.25) is 0 Å². The molecule has 0 saturated heterocycles. The van der Waals surface area contributed by atoms with Gasteiger partial charge in [-0.2, -0.15) is 0 Å². The first-order chi connectivity index (χ1) is 16.9. The minimum atomic E-state index is -1.92. The van der Waals surface area contributed by atoms with Gasteiger partial charge in [-0.3, -0.25) is 0 Å². The lowest BCUT2D eigenvalue weighted by Gasteiger charge is -2.40. The summed E-state index contributed by atoms with van der Waals surface area (Å²) in [5, 5.41) is 0.481. The molecule has 2 nitrogen and oxygen atoms in total. The topological polar surface area (TPSA) is 18.5 Å². The lowest BCUT2D eigenvalue weighted by atomic mass is 9.85. The summed E-state index contributed by atoms with van der Waals surface area (Å²) >= 11 is 6.98. The van der Waals surface area contributed by atoms with E-state index in [2.05, 4.69) is 105 Å². The van der Waals surface area contributed by atoms with Crippen molar-refractivity contribution in [2.75, 3.05) is 0 Å². The molecule has 1 unspecified atom stereocenters. The summed E-state index contributed by atoms with van der Waals surface area (Å²) < 4.78 is 14.0. The molecule has 1 aliphatic carbocycles. The molecule has 5 atom stereocenters. The molecule has 0 aliphatic heterocycles. The maximum Gasteiger partial charge on any atom is 0.192 e. The number of rotatable bonds is 12. The van der Waals surface area contributed by atoms with Crippen molar-refractivity contribution < 1.29 is 8.85 Å². The van der Waals surface area contributed by atoms with Gasteiger partial charge in [0.25, 0.3) is 0 Å². The van der Waals surface area contributed by atoms with Crippen LogP contribution in [0.2, 0.25) is 36.3 Å². The second-order valence-electron chi connectivity index (χ2n) is 14.4. The van der Waals surface area contributed by atoms with E-state index in [1.54, 1.807) is 0 Å². The van der Waals surface area contributed by atoms with E-state index in [4.69, 9.17) is 20.5 Å². The van der Waals surface area contributed by atoms with Crippen molar-refractivity contribution in [3.63, 3.8) is 0 Å². The number of alkyl halides is 1. The molecule has 0 heterocycles. The molecule has 0 N–H and O–H groups in total. The largest absolute Gasteiger partial charge is 0.413 e. The van der Waals surface area contributed by atoms with Gasteiger partial charge >= 0.3 is 0 Å². The molecule has 0 radical (unpaired) electrons. The van der Waals surface area contributed by atoms with Gasteiger partial charge < -0.3 is 8.85 Å². The summed E-state index contributed by atoms with van der Waals surface area (Å²) in [5.74, 6) is 0.646. The van der Waals surface area contributed by atoms with Crippen LogP contribution >= 0.6 is 11.6 Å². The van der Waals surface area contributed by atoms with Gasteiger partial charge in [-0.25, -0.2) is 0 Å². The molecule has 212 valence electrons. The van der Waals surface area contributed by atoms with E-state index in [1.165, 1.54) is 30.4 Å². The first-order valence-corrected chi connectivity index (χ1v) is 20.9. The Kier molecular flexibility index (Phi) is 11.4. The normalized spacial score (nSPS) is 24.3. The first-order valence-electron chi connectivity index (χ1n) is 14.7. The zero-order valence-electron chi connectivity index (χ0n) is 25.9. The van der Waals surface area contributed by atoms with Crippen LogP contribution in [0.4, 0.5) is 0 Å². The third-order valence-corrected chi connectivity index (χ3v) is 19.0. The van der Waals surface area contributed by atoms with E-state index in [-0.39, 0.29) is 27.7 Å². The summed E-state index contributed by atoms with van der Waals surface area (Å²) in [6.07, 6.45) is 8.96. The summed E-state index contributed by atoms with van der Waals surface area (Å²) in [5.41, 5.74) is 2.66. The van der Waals surface area contributed by atoms with E-state index in [9.17, 15) is 0 Å². The van der Waals surface area contributed by atoms with Crippen molar-refractivity contribution in [1.82, 2.24) is 0 Å². The van der Waals surface area contributed by atoms with Crippen molar-refractivity contribution >= 4 is 28.2 Å². The lowest BCUT2D eigenvalue weighted by Crippen LogP contribution is -2.44. The Morgan fingerprint density at radius 2 is 1.54 bits per heavy atom.